The Labute approximate surface area is 162 Å². The highest BCUT2D eigenvalue weighted by Crippen LogP contribution is 2.33. The fraction of sp³-hybridized carbons (Fsp3) is 0.650. The van der Waals surface area contributed by atoms with E-state index in [0.29, 0.717) is 31.3 Å². The molecule has 0 aliphatic carbocycles. The largest absolute Gasteiger partial charge is 0.338 e. The van der Waals surface area contributed by atoms with Crippen molar-refractivity contribution in [3.63, 3.8) is 0 Å². The van der Waals surface area contributed by atoms with Crippen LogP contribution in [-0.2, 0) is 14.6 Å². The Kier molecular flexibility index (Phi) is 6.23. The number of hydrogen-bond donors (Lipinski definition) is 1. The molecule has 2 aliphatic rings. The first-order valence-corrected chi connectivity index (χ1v) is 11.7. The molecule has 3 rings (SSSR count). The van der Waals surface area contributed by atoms with Gasteiger partial charge in [0.05, 0.1) is 17.5 Å². The summed E-state index contributed by atoms with van der Waals surface area (Å²) in [7, 11) is -3.01. The van der Waals surface area contributed by atoms with Gasteiger partial charge in [0, 0.05) is 31.6 Å². The third-order valence-electron chi connectivity index (χ3n) is 6.18. The Balaban J connectivity index is 1.71. The highest BCUT2D eigenvalue weighted by Gasteiger charge is 2.40. The number of amides is 1. The van der Waals surface area contributed by atoms with Gasteiger partial charge >= 0.3 is 0 Å². The minimum Gasteiger partial charge on any atom is -0.338 e. The van der Waals surface area contributed by atoms with Crippen molar-refractivity contribution in [1.29, 1.82) is 0 Å². The van der Waals surface area contributed by atoms with Crippen molar-refractivity contribution in [3.05, 3.63) is 35.9 Å². The third-order valence-corrected chi connectivity index (χ3v) is 7.93. The number of carbonyl (C=O) groups is 1. The van der Waals surface area contributed by atoms with Gasteiger partial charge in [0.15, 0.2) is 9.84 Å². The van der Waals surface area contributed by atoms with Gasteiger partial charge in [-0.05, 0) is 38.3 Å². The van der Waals surface area contributed by atoms with Crippen molar-refractivity contribution in [2.75, 3.05) is 37.7 Å². The fourth-order valence-electron chi connectivity index (χ4n) is 4.55. The van der Waals surface area contributed by atoms with Crippen LogP contribution in [0.2, 0.25) is 0 Å². The smallest absolute Gasteiger partial charge is 0.239 e. The molecular weight excluding hydrogens is 362 g/mol. The maximum absolute atomic E-state index is 13.2. The van der Waals surface area contributed by atoms with E-state index in [1.54, 1.807) is 4.90 Å². The molecule has 1 aromatic carbocycles. The van der Waals surface area contributed by atoms with Gasteiger partial charge in [0.1, 0.15) is 0 Å². The zero-order chi connectivity index (χ0) is 19.6. The van der Waals surface area contributed by atoms with E-state index in [1.165, 1.54) is 5.56 Å². The van der Waals surface area contributed by atoms with Gasteiger partial charge in [0.2, 0.25) is 5.91 Å². The van der Waals surface area contributed by atoms with Crippen LogP contribution in [0.3, 0.4) is 0 Å². The maximum Gasteiger partial charge on any atom is 0.239 e. The van der Waals surface area contributed by atoms with E-state index in [2.05, 4.69) is 17.0 Å². The number of benzene rings is 1. The molecule has 1 aromatic rings. The molecule has 6 nitrogen and oxygen atoms in total. The van der Waals surface area contributed by atoms with E-state index >= 15 is 0 Å². The van der Waals surface area contributed by atoms with Crippen LogP contribution in [0.15, 0.2) is 30.3 Å². The zero-order valence-electron chi connectivity index (χ0n) is 16.3. The molecule has 0 aromatic heterocycles. The summed E-state index contributed by atoms with van der Waals surface area (Å²) in [4.78, 5) is 17.1. The lowest BCUT2D eigenvalue weighted by atomic mass is 9.89. The Morgan fingerprint density at radius 3 is 2.56 bits per heavy atom. The van der Waals surface area contributed by atoms with Crippen molar-refractivity contribution >= 4 is 15.7 Å². The maximum atomic E-state index is 13.2. The molecular formula is C20H31N3O3S. The van der Waals surface area contributed by atoms with Crippen molar-refractivity contribution in [2.45, 2.75) is 38.3 Å². The average Bonchev–Trinajstić information content (AvgIpc) is 3.25. The van der Waals surface area contributed by atoms with Gasteiger partial charge in [-0.3, -0.25) is 9.69 Å². The van der Waals surface area contributed by atoms with Gasteiger partial charge in [-0.25, -0.2) is 8.42 Å². The van der Waals surface area contributed by atoms with Crippen LogP contribution in [0.5, 0.6) is 0 Å². The van der Waals surface area contributed by atoms with Crippen LogP contribution in [-0.4, -0.2) is 73.9 Å². The molecule has 7 heteroatoms. The Hall–Kier alpha value is -1.44. The summed E-state index contributed by atoms with van der Waals surface area (Å²) >= 11 is 0. The number of likely N-dealkylation sites (tertiary alicyclic amines) is 1. The molecule has 4 atom stereocenters. The molecule has 2 fully saturated rings. The molecule has 2 unspecified atom stereocenters. The highest BCUT2D eigenvalue weighted by molar-refractivity contribution is 7.91. The SMILES string of the molecule is CCN(C(=O)C(C)N1C[C@@H](CN)[C@H](c2ccccc2)C1)C1CCS(=O)(=O)C1. The summed E-state index contributed by atoms with van der Waals surface area (Å²) in [6.45, 7) is 6.60. The summed E-state index contributed by atoms with van der Waals surface area (Å²) in [5.41, 5.74) is 7.29. The normalized spacial score (nSPS) is 28.9. The minimum atomic E-state index is -3.01. The standard InChI is InChI=1S/C20H31N3O3S/c1-3-23(18-9-10-27(25,26)14-18)20(24)15(2)22-12-17(11-21)19(13-22)16-7-5-4-6-8-16/h4-8,15,17-19H,3,9-14,21H2,1-2H3/t15?,17-,18?,19+/m1/s1. The lowest BCUT2D eigenvalue weighted by Crippen LogP contribution is -2.50. The summed E-state index contributed by atoms with van der Waals surface area (Å²) in [6.07, 6.45) is 0.548. The van der Waals surface area contributed by atoms with E-state index in [4.69, 9.17) is 5.73 Å². The van der Waals surface area contributed by atoms with E-state index in [9.17, 15) is 13.2 Å². The molecule has 150 valence electrons. The third kappa shape index (κ3) is 4.36. The van der Waals surface area contributed by atoms with Crippen molar-refractivity contribution in [2.24, 2.45) is 11.7 Å². The number of nitrogens with zero attached hydrogens (tertiary/aromatic N) is 2. The molecule has 27 heavy (non-hydrogen) atoms. The Morgan fingerprint density at radius 1 is 1.30 bits per heavy atom. The van der Waals surface area contributed by atoms with E-state index in [1.807, 2.05) is 32.0 Å². The molecule has 0 spiro atoms. The topological polar surface area (TPSA) is 83.7 Å². The number of nitrogens with two attached hydrogens (primary N) is 1. The molecule has 2 N–H and O–H groups in total. The first-order valence-electron chi connectivity index (χ1n) is 9.86. The number of rotatable bonds is 6. The van der Waals surface area contributed by atoms with Gasteiger partial charge in [-0.1, -0.05) is 30.3 Å². The minimum absolute atomic E-state index is 0.0316. The first kappa shape index (κ1) is 20.3. The lowest BCUT2D eigenvalue weighted by Gasteiger charge is -2.33. The Bertz CT molecular complexity index is 753. The van der Waals surface area contributed by atoms with Crippen LogP contribution >= 0.6 is 0 Å². The predicted molar refractivity (Wildman–Crippen MR) is 107 cm³/mol. The van der Waals surface area contributed by atoms with Crippen LogP contribution in [0.1, 0.15) is 31.7 Å². The summed E-state index contributed by atoms with van der Waals surface area (Å²) < 4.78 is 23.7. The number of carbonyl (C=O) groups excluding carboxylic acids is 1. The summed E-state index contributed by atoms with van der Waals surface area (Å²) in [5.74, 6) is 0.962. The summed E-state index contributed by atoms with van der Waals surface area (Å²) in [6, 6.07) is 9.90. The second-order valence-corrected chi connectivity index (χ2v) is 10.1. The van der Waals surface area contributed by atoms with E-state index in [-0.39, 0.29) is 29.5 Å². The van der Waals surface area contributed by atoms with E-state index < -0.39 is 9.84 Å². The quantitative estimate of drug-likeness (QED) is 0.782. The van der Waals surface area contributed by atoms with E-state index in [0.717, 1.165) is 13.1 Å². The summed E-state index contributed by atoms with van der Waals surface area (Å²) in [5, 5.41) is 0. The van der Waals surface area contributed by atoms with Gasteiger partial charge < -0.3 is 10.6 Å². The monoisotopic (exact) mass is 393 g/mol. The van der Waals surface area contributed by atoms with Crippen LogP contribution in [0.4, 0.5) is 0 Å². The average molecular weight is 394 g/mol. The predicted octanol–water partition coefficient (Wildman–Crippen LogP) is 1.08. The second-order valence-electron chi connectivity index (χ2n) is 7.82. The molecule has 2 heterocycles. The van der Waals surface area contributed by atoms with Gasteiger partial charge in [-0.15, -0.1) is 0 Å². The van der Waals surface area contributed by atoms with Crippen molar-refractivity contribution in [3.8, 4) is 0 Å². The highest BCUT2D eigenvalue weighted by atomic mass is 32.2. The van der Waals surface area contributed by atoms with Gasteiger partial charge in [0.25, 0.3) is 0 Å². The molecule has 2 saturated heterocycles. The second kappa shape index (κ2) is 8.29. The fourth-order valence-corrected chi connectivity index (χ4v) is 6.28. The molecule has 0 bridgehead atoms. The van der Waals surface area contributed by atoms with Crippen molar-refractivity contribution in [1.82, 2.24) is 9.80 Å². The Morgan fingerprint density at radius 2 is 2.00 bits per heavy atom. The zero-order valence-corrected chi connectivity index (χ0v) is 17.1. The lowest BCUT2D eigenvalue weighted by molar-refractivity contribution is -0.137. The number of hydrogen-bond acceptors (Lipinski definition) is 5. The van der Waals surface area contributed by atoms with Crippen molar-refractivity contribution < 1.29 is 13.2 Å². The van der Waals surface area contributed by atoms with Gasteiger partial charge in [-0.2, -0.15) is 0 Å². The van der Waals surface area contributed by atoms with Crippen LogP contribution in [0, 0.1) is 5.92 Å². The molecule has 1 amide bonds. The molecule has 2 aliphatic heterocycles. The number of likely N-dealkylation sites (N-methyl/N-ethyl adjacent to an activating group) is 1. The van der Waals surface area contributed by atoms with Crippen LogP contribution < -0.4 is 5.73 Å². The molecule has 0 saturated carbocycles. The molecule has 0 radical (unpaired) electrons. The van der Waals surface area contributed by atoms with Crippen LogP contribution in [0.25, 0.3) is 0 Å². The first-order chi connectivity index (χ1) is 12.9. The number of sulfone groups is 1.